The zero-order valence-corrected chi connectivity index (χ0v) is 12.7. The van der Waals surface area contributed by atoms with Crippen molar-refractivity contribution < 1.29 is 4.74 Å². The van der Waals surface area contributed by atoms with E-state index in [-0.39, 0.29) is 0 Å². The number of benzene rings is 2. The van der Waals surface area contributed by atoms with Gasteiger partial charge in [0.1, 0.15) is 11.4 Å². The van der Waals surface area contributed by atoms with Crippen LogP contribution in [0.3, 0.4) is 0 Å². The second kappa shape index (κ2) is 5.57. The van der Waals surface area contributed by atoms with E-state index in [1.54, 1.807) is 13.3 Å². The van der Waals surface area contributed by atoms with E-state index in [0.717, 1.165) is 33.7 Å². The molecule has 0 unspecified atom stereocenters. The molecule has 0 saturated heterocycles. The van der Waals surface area contributed by atoms with Crippen LogP contribution in [0, 0.1) is 0 Å². The van der Waals surface area contributed by atoms with E-state index in [9.17, 15) is 0 Å². The highest BCUT2D eigenvalue weighted by Crippen LogP contribution is 2.29. The van der Waals surface area contributed by atoms with Gasteiger partial charge in [-0.3, -0.25) is 0 Å². The average molecular weight is 301 g/mol. The van der Waals surface area contributed by atoms with Crippen molar-refractivity contribution in [2.75, 3.05) is 7.11 Å². The van der Waals surface area contributed by atoms with Crippen molar-refractivity contribution in [2.45, 2.75) is 0 Å². The van der Waals surface area contributed by atoms with Crippen molar-refractivity contribution in [1.29, 1.82) is 0 Å². The van der Waals surface area contributed by atoms with Gasteiger partial charge in [0.2, 0.25) is 0 Å². The van der Waals surface area contributed by atoms with Gasteiger partial charge >= 0.3 is 0 Å². The molecule has 0 fully saturated rings. The number of rotatable bonds is 3. The van der Waals surface area contributed by atoms with Gasteiger partial charge in [-0.2, -0.15) is 5.10 Å². The molecule has 112 valence electrons. The fraction of sp³-hybridized carbons (Fsp3) is 0.0526. The van der Waals surface area contributed by atoms with Gasteiger partial charge in [0.15, 0.2) is 5.65 Å². The lowest BCUT2D eigenvalue weighted by Gasteiger charge is -2.02. The smallest absolute Gasteiger partial charge is 0.163 e. The Hall–Kier alpha value is -3.14. The molecule has 0 atom stereocenters. The van der Waals surface area contributed by atoms with Gasteiger partial charge in [0.25, 0.3) is 0 Å². The van der Waals surface area contributed by atoms with E-state index in [1.807, 2.05) is 71.4 Å². The standard InChI is InChI=1S/C19H15N3O/c1-23-16-11-9-14(10-12-16)18-17-8-5-13-20-19(17)22(21-18)15-6-3-2-4-7-15/h2-13H,1H3. The SMILES string of the molecule is COc1ccc(-c2nn(-c3ccccc3)c3ncccc23)cc1. The maximum absolute atomic E-state index is 5.23. The maximum atomic E-state index is 5.23. The molecule has 0 radical (unpaired) electrons. The molecule has 0 spiro atoms. The van der Waals surface area contributed by atoms with Crippen molar-refractivity contribution in [3.8, 4) is 22.7 Å². The number of ether oxygens (including phenoxy) is 1. The Kier molecular flexibility index (Phi) is 3.27. The second-order valence-corrected chi connectivity index (χ2v) is 5.20. The third kappa shape index (κ3) is 2.34. The zero-order chi connectivity index (χ0) is 15.6. The Bertz CT molecular complexity index is 943. The number of pyridine rings is 1. The van der Waals surface area contributed by atoms with Crippen LogP contribution in [0.1, 0.15) is 0 Å². The lowest BCUT2D eigenvalue weighted by molar-refractivity contribution is 0.415. The number of para-hydroxylation sites is 1. The van der Waals surface area contributed by atoms with Crippen LogP contribution in [-0.2, 0) is 0 Å². The molecule has 2 aromatic heterocycles. The first kappa shape index (κ1) is 13.5. The summed E-state index contributed by atoms with van der Waals surface area (Å²) in [5, 5.41) is 5.83. The van der Waals surface area contributed by atoms with Crippen LogP contribution in [0.2, 0.25) is 0 Å². The lowest BCUT2D eigenvalue weighted by Crippen LogP contribution is -1.97. The Morgan fingerprint density at radius 1 is 0.870 bits per heavy atom. The average Bonchev–Trinajstić information content (AvgIpc) is 3.02. The van der Waals surface area contributed by atoms with Crippen molar-refractivity contribution in [1.82, 2.24) is 14.8 Å². The molecular weight excluding hydrogens is 286 g/mol. The largest absolute Gasteiger partial charge is 0.497 e. The normalized spacial score (nSPS) is 10.8. The number of fused-ring (bicyclic) bond motifs is 1. The molecule has 0 amide bonds. The van der Waals surface area contributed by atoms with E-state index in [4.69, 9.17) is 9.84 Å². The summed E-state index contributed by atoms with van der Waals surface area (Å²) in [5.41, 5.74) is 3.80. The molecule has 4 heteroatoms. The molecule has 0 aliphatic carbocycles. The van der Waals surface area contributed by atoms with E-state index >= 15 is 0 Å². The fourth-order valence-electron chi connectivity index (χ4n) is 2.66. The third-order valence-corrected chi connectivity index (χ3v) is 3.81. The van der Waals surface area contributed by atoms with Crippen LogP contribution in [0.5, 0.6) is 5.75 Å². The number of methoxy groups -OCH3 is 1. The minimum absolute atomic E-state index is 0.832. The fourth-order valence-corrected chi connectivity index (χ4v) is 2.66. The molecule has 0 aliphatic heterocycles. The van der Waals surface area contributed by atoms with Crippen molar-refractivity contribution >= 4 is 11.0 Å². The molecular formula is C19H15N3O. The summed E-state index contributed by atoms with van der Waals surface area (Å²) >= 11 is 0. The number of hydrogen-bond acceptors (Lipinski definition) is 3. The summed E-state index contributed by atoms with van der Waals surface area (Å²) in [6, 6.07) is 22.0. The molecule has 0 aliphatic rings. The molecule has 2 aromatic carbocycles. The van der Waals surface area contributed by atoms with Crippen molar-refractivity contribution in [2.24, 2.45) is 0 Å². The van der Waals surface area contributed by atoms with Crippen LogP contribution in [0.15, 0.2) is 72.9 Å². The highest BCUT2D eigenvalue weighted by atomic mass is 16.5. The van der Waals surface area contributed by atoms with Gasteiger partial charge in [-0.1, -0.05) is 18.2 Å². The van der Waals surface area contributed by atoms with Crippen LogP contribution < -0.4 is 4.74 Å². The van der Waals surface area contributed by atoms with Gasteiger partial charge in [0.05, 0.1) is 12.8 Å². The van der Waals surface area contributed by atoms with E-state index < -0.39 is 0 Å². The minimum atomic E-state index is 0.832. The van der Waals surface area contributed by atoms with Crippen LogP contribution in [0.4, 0.5) is 0 Å². The Balaban J connectivity index is 1.93. The molecule has 4 nitrogen and oxygen atoms in total. The quantitative estimate of drug-likeness (QED) is 0.572. The summed E-state index contributed by atoms with van der Waals surface area (Å²) in [6.45, 7) is 0. The zero-order valence-electron chi connectivity index (χ0n) is 12.7. The van der Waals surface area contributed by atoms with Crippen LogP contribution in [0.25, 0.3) is 28.0 Å². The third-order valence-electron chi connectivity index (χ3n) is 3.81. The predicted octanol–water partition coefficient (Wildman–Crippen LogP) is 4.10. The van der Waals surface area contributed by atoms with Gasteiger partial charge < -0.3 is 4.74 Å². The van der Waals surface area contributed by atoms with Gasteiger partial charge in [-0.05, 0) is 48.5 Å². The summed E-state index contributed by atoms with van der Waals surface area (Å²) < 4.78 is 7.11. The molecule has 0 N–H and O–H groups in total. The first-order chi connectivity index (χ1) is 11.4. The van der Waals surface area contributed by atoms with E-state index in [0.29, 0.717) is 0 Å². The summed E-state index contributed by atoms with van der Waals surface area (Å²) in [6.07, 6.45) is 1.79. The minimum Gasteiger partial charge on any atom is -0.497 e. The van der Waals surface area contributed by atoms with E-state index in [1.165, 1.54) is 0 Å². The van der Waals surface area contributed by atoms with Crippen molar-refractivity contribution in [3.63, 3.8) is 0 Å². The van der Waals surface area contributed by atoms with Crippen LogP contribution in [-0.4, -0.2) is 21.9 Å². The highest BCUT2D eigenvalue weighted by Gasteiger charge is 2.14. The summed E-state index contributed by atoms with van der Waals surface area (Å²) in [5.74, 6) is 0.832. The maximum Gasteiger partial charge on any atom is 0.163 e. The van der Waals surface area contributed by atoms with Gasteiger partial charge in [0, 0.05) is 17.1 Å². The highest BCUT2D eigenvalue weighted by molar-refractivity contribution is 5.92. The molecule has 23 heavy (non-hydrogen) atoms. The molecule has 4 aromatic rings. The monoisotopic (exact) mass is 301 g/mol. The molecule has 0 saturated carbocycles. The van der Waals surface area contributed by atoms with Gasteiger partial charge in [-0.15, -0.1) is 0 Å². The second-order valence-electron chi connectivity index (χ2n) is 5.20. The topological polar surface area (TPSA) is 39.9 Å². The molecule has 4 rings (SSSR count). The first-order valence-electron chi connectivity index (χ1n) is 7.40. The summed E-state index contributed by atoms with van der Waals surface area (Å²) in [4.78, 5) is 4.51. The lowest BCUT2D eigenvalue weighted by atomic mass is 10.1. The number of aromatic nitrogens is 3. The Labute approximate surface area is 134 Å². The predicted molar refractivity (Wildman–Crippen MR) is 90.9 cm³/mol. The first-order valence-corrected chi connectivity index (χ1v) is 7.40. The Morgan fingerprint density at radius 3 is 2.39 bits per heavy atom. The van der Waals surface area contributed by atoms with Crippen molar-refractivity contribution in [3.05, 3.63) is 72.9 Å². The number of hydrogen-bond donors (Lipinski definition) is 0. The summed E-state index contributed by atoms with van der Waals surface area (Å²) in [7, 11) is 1.67. The van der Waals surface area contributed by atoms with Gasteiger partial charge in [-0.25, -0.2) is 9.67 Å². The van der Waals surface area contributed by atoms with Crippen LogP contribution >= 0.6 is 0 Å². The molecule has 2 heterocycles. The number of nitrogens with zero attached hydrogens (tertiary/aromatic N) is 3. The van der Waals surface area contributed by atoms with E-state index in [2.05, 4.69) is 4.98 Å². The molecule has 0 bridgehead atoms. The Morgan fingerprint density at radius 2 is 1.65 bits per heavy atom.